The quantitative estimate of drug-likeness (QED) is 0.337. The number of fused-ring (bicyclic) bond motifs is 3. The van der Waals surface area contributed by atoms with E-state index in [9.17, 15) is 19.5 Å². The van der Waals surface area contributed by atoms with Crippen LogP contribution < -0.4 is 10.6 Å². The molecule has 1 aliphatic rings. The maximum absolute atomic E-state index is 12.8. The molecule has 2 amide bonds. The summed E-state index contributed by atoms with van der Waals surface area (Å²) in [5, 5.41) is 14.5. The van der Waals surface area contributed by atoms with E-state index in [0.717, 1.165) is 22.3 Å². The molecule has 4 rings (SSSR count). The second-order valence-electron chi connectivity index (χ2n) is 7.92. The molecule has 7 nitrogen and oxygen atoms in total. The zero-order chi connectivity index (χ0) is 24.2. The third kappa shape index (κ3) is 4.91. The van der Waals surface area contributed by atoms with Gasteiger partial charge in [0.15, 0.2) is 0 Å². The first-order valence-electron chi connectivity index (χ1n) is 10.8. The molecule has 34 heavy (non-hydrogen) atoms. The summed E-state index contributed by atoms with van der Waals surface area (Å²) in [7, 11) is 0. The Balaban J connectivity index is 1.40. The van der Waals surface area contributed by atoms with Gasteiger partial charge in [0.1, 0.15) is 12.6 Å². The van der Waals surface area contributed by atoms with Gasteiger partial charge in [-0.2, -0.15) is 0 Å². The molecule has 3 aromatic carbocycles. The fourth-order valence-electron chi connectivity index (χ4n) is 4.11. The highest BCUT2D eigenvalue weighted by Gasteiger charge is 2.29. The third-order valence-corrected chi connectivity index (χ3v) is 6.77. The molecule has 0 aliphatic heterocycles. The smallest absolute Gasteiger partial charge is 0.407 e. The Hall–Kier alpha value is -3.40. The van der Waals surface area contributed by atoms with Crippen LogP contribution in [0, 0.1) is 3.57 Å². The van der Waals surface area contributed by atoms with E-state index in [2.05, 4.69) is 22.8 Å². The highest BCUT2D eigenvalue weighted by atomic mass is 127. The number of carbonyl (C=O) groups excluding carboxylic acids is 2. The number of hydrogen-bond acceptors (Lipinski definition) is 4. The summed E-state index contributed by atoms with van der Waals surface area (Å²) in [5.74, 6) is -1.61. The highest BCUT2D eigenvalue weighted by Crippen LogP contribution is 2.44. The Bertz CT molecular complexity index is 1210. The van der Waals surface area contributed by atoms with E-state index in [1.807, 2.05) is 59.0 Å². The fraction of sp³-hybridized carbons (Fsp3) is 0.192. The van der Waals surface area contributed by atoms with Crippen molar-refractivity contribution in [3.8, 4) is 11.1 Å². The number of carboxylic acids is 1. The predicted molar refractivity (Wildman–Crippen MR) is 137 cm³/mol. The largest absolute Gasteiger partial charge is 0.478 e. The molecule has 3 aromatic rings. The molecule has 0 saturated heterocycles. The number of amides is 2. The number of alkyl carbamates (subject to hydrolysis) is 1. The topological polar surface area (TPSA) is 105 Å². The highest BCUT2D eigenvalue weighted by molar-refractivity contribution is 14.1. The van der Waals surface area contributed by atoms with Crippen LogP contribution in [0.3, 0.4) is 0 Å². The van der Waals surface area contributed by atoms with Crippen LogP contribution in [0.4, 0.5) is 10.5 Å². The van der Waals surface area contributed by atoms with Crippen molar-refractivity contribution in [3.05, 3.63) is 87.0 Å². The SMILES string of the molecule is CCC(NC(=O)OCC1c2ccccc2-c2ccccc21)C(=O)Nc1cc(C(=O)O)ccc1I. The van der Waals surface area contributed by atoms with Gasteiger partial charge in [-0.1, -0.05) is 55.5 Å². The van der Waals surface area contributed by atoms with E-state index in [1.165, 1.54) is 12.1 Å². The lowest BCUT2D eigenvalue weighted by Crippen LogP contribution is -2.44. The monoisotopic (exact) mass is 570 g/mol. The van der Waals surface area contributed by atoms with Gasteiger partial charge in [-0.05, 0) is 69.5 Å². The number of ether oxygens (including phenoxy) is 1. The zero-order valence-electron chi connectivity index (χ0n) is 18.4. The second-order valence-corrected chi connectivity index (χ2v) is 9.08. The fourth-order valence-corrected chi connectivity index (χ4v) is 4.58. The number of carboxylic acid groups (broad SMARTS) is 1. The lowest BCUT2D eigenvalue weighted by atomic mass is 9.98. The Morgan fingerprint density at radius 3 is 2.21 bits per heavy atom. The van der Waals surface area contributed by atoms with Crippen LogP contribution in [-0.4, -0.2) is 35.7 Å². The molecule has 1 unspecified atom stereocenters. The molecule has 3 N–H and O–H groups in total. The first kappa shape index (κ1) is 23.7. The van der Waals surface area contributed by atoms with Crippen LogP contribution in [0.5, 0.6) is 0 Å². The van der Waals surface area contributed by atoms with Crippen LogP contribution in [0.25, 0.3) is 11.1 Å². The minimum Gasteiger partial charge on any atom is -0.478 e. The molecular formula is C26H23IN2O5. The predicted octanol–water partition coefficient (Wildman–Crippen LogP) is 5.25. The van der Waals surface area contributed by atoms with Crippen LogP contribution in [0.1, 0.15) is 40.7 Å². The number of anilines is 1. The average molecular weight is 570 g/mol. The van der Waals surface area contributed by atoms with E-state index >= 15 is 0 Å². The van der Waals surface area contributed by atoms with Crippen LogP contribution in [-0.2, 0) is 9.53 Å². The molecular weight excluding hydrogens is 547 g/mol. The van der Waals surface area contributed by atoms with Gasteiger partial charge in [0.25, 0.3) is 0 Å². The van der Waals surface area contributed by atoms with Crippen LogP contribution >= 0.6 is 22.6 Å². The third-order valence-electron chi connectivity index (χ3n) is 5.83. The van der Waals surface area contributed by atoms with Gasteiger partial charge >= 0.3 is 12.1 Å². The zero-order valence-corrected chi connectivity index (χ0v) is 20.5. The van der Waals surface area contributed by atoms with E-state index in [1.54, 1.807) is 13.0 Å². The Morgan fingerprint density at radius 1 is 1.00 bits per heavy atom. The lowest BCUT2D eigenvalue weighted by molar-refractivity contribution is -0.118. The summed E-state index contributed by atoms with van der Waals surface area (Å²) in [5.41, 5.74) is 4.92. The lowest BCUT2D eigenvalue weighted by Gasteiger charge is -2.19. The average Bonchev–Trinajstić information content (AvgIpc) is 3.16. The van der Waals surface area contributed by atoms with Gasteiger partial charge in [0.2, 0.25) is 5.91 Å². The summed E-state index contributed by atoms with van der Waals surface area (Å²) in [6.45, 7) is 1.92. The number of carbonyl (C=O) groups is 3. The molecule has 0 bridgehead atoms. The normalized spacial score (nSPS) is 12.9. The second kappa shape index (κ2) is 10.3. The molecule has 0 aromatic heterocycles. The molecule has 0 heterocycles. The summed E-state index contributed by atoms with van der Waals surface area (Å²) in [4.78, 5) is 36.6. The van der Waals surface area contributed by atoms with Gasteiger partial charge in [0, 0.05) is 9.49 Å². The van der Waals surface area contributed by atoms with E-state index < -0.39 is 24.0 Å². The maximum Gasteiger partial charge on any atom is 0.407 e. The van der Waals surface area contributed by atoms with Crippen molar-refractivity contribution in [2.75, 3.05) is 11.9 Å². The summed E-state index contributed by atoms with van der Waals surface area (Å²) in [6, 6.07) is 19.7. The Morgan fingerprint density at radius 2 is 1.62 bits per heavy atom. The van der Waals surface area contributed by atoms with Gasteiger partial charge in [-0.15, -0.1) is 0 Å². The van der Waals surface area contributed by atoms with E-state index in [0.29, 0.717) is 15.7 Å². The van der Waals surface area contributed by atoms with Crippen molar-refractivity contribution < 1.29 is 24.2 Å². The van der Waals surface area contributed by atoms with Gasteiger partial charge in [-0.25, -0.2) is 9.59 Å². The number of rotatable bonds is 7. The maximum atomic E-state index is 12.8. The molecule has 0 radical (unpaired) electrons. The molecule has 0 spiro atoms. The minimum absolute atomic E-state index is 0.0632. The molecule has 0 fully saturated rings. The van der Waals surface area contributed by atoms with Gasteiger partial charge < -0.3 is 20.5 Å². The number of hydrogen-bond donors (Lipinski definition) is 3. The molecule has 0 saturated carbocycles. The molecule has 1 aliphatic carbocycles. The first-order chi connectivity index (χ1) is 16.4. The van der Waals surface area contributed by atoms with Crippen LogP contribution in [0.15, 0.2) is 66.7 Å². The number of nitrogens with one attached hydrogen (secondary N) is 2. The molecule has 1 atom stereocenters. The minimum atomic E-state index is -1.09. The summed E-state index contributed by atoms with van der Waals surface area (Å²) < 4.78 is 6.22. The summed E-state index contributed by atoms with van der Waals surface area (Å²) in [6.07, 6.45) is -0.344. The van der Waals surface area contributed by atoms with Crippen molar-refractivity contribution >= 4 is 46.2 Å². The van der Waals surface area contributed by atoms with Crippen molar-refractivity contribution in [2.45, 2.75) is 25.3 Å². The van der Waals surface area contributed by atoms with Crippen molar-refractivity contribution in [1.82, 2.24) is 5.32 Å². The first-order valence-corrected chi connectivity index (χ1v) is 11.9. The van der Waals surface area contributed by atoms with Gasteiger partial charge in [-0.3, -0.25) is 4.79 Å². The van der Waals surface area contributed by atoms with Crippen molar-refractivity contribution in [1.29, 1.82) is 0 Å². The summed E-state index contributed by atoms with van der Waals surface area (Å²) >= 11 is 2.01. The van der Waals surface area contributed by atoms with Gasteiger partial charge in [0.05, 0.1) is 11.3 Å². The number of halogens is 1. The molecule has 8 heteroatoms. The number of aromatic carboxylic acids is 1. The van der Waals surface area contributed by atoms with Crippen LogP contribution in [0.2, 0.25) is 0 Å². The van der Waals surface area contributed by atoms with E-state index in [-0.39, 0.29) is 18.1 Å². The standard InChI is InChI=1S/C26H23IN2O5/c1-2-22(24(30)28-23-13-15(25(31)32)11-12-21(23)27)29-26(33)34-14-20-18-9-5-3-7-16(18)17-8-4-6-10-19(17)20/h3-13,20,22H,2,14H2,1H3,(H,28,30)(H,29,33)(H,31,32). The van der Waals surface area contributed by atoms with Crippen molar-refractivity contribution in [3.63, 3.8) is 0 Å². The Labute approximate surface area is 210 Å². The number of benzene rings is 3. The molecule has 174 valence electrons. The Kier molecular flexibility index (Phi) is 7.16. The van der Waals surface area contributed by atoms with Crippen molar-refractivity contribution in [2.24, 2.45) is 0 Å². The van der Waals surface area contributed by atoms with E-state index in [4.69, 9.17) is 4.74 Å².